The number of carbonyl (C=O) groups excluding carboxylic acids is 2. The molecule has 4 aromatic rings. The number of hydrogen-bond acceptors (Lipinski definition) is 5. The van der Waals surface area contributed by atoms with Crippen molar-refractivity contribution in [2.75, 3.05) is 19.0 Å². The molecule has 38 heavy (non-hydrogen) atoms. The average molecular weight is 547 g/mol. The standard InChI is InChI=1S/C26H22ClF3N4O4/c1-15-10-17(38-26(28,29)30)7-9-22(15)34-23-5-3-4-21(19(23)13-32-34)33-25(36)18-11-16(6-8-20(18)27)12-31-24(35)14-37-2/h3-11,13H,12,14H2,1-2H3,(H,31,35)(H,33,36). The number of fused-ring (bicyclic) bond motifs is 1. The normalized spacial score (nSPS) is 11.4. The molecule has 0 saturated carbocycles. The fourth-order valence-corrected chi connectivity index (χ4v) is 4.05. The molecule has 8 nitrogen and oxygen atoms in total. The Morgan fingerprint density at radius 3 is 2.61 bits per heavy atom. The summed E-state index contributed by atoms with van der Waals surface area (Å²) in [5, 5.41) is 10.7. The first-order valence-corrected chi connectivity index (χ1v) is 11.6. The first-order valence-electron chi connectivity index (χ1n) is 11.2. The number of nitrogens with one attached hydrogen (secondary N) is 2. The zero-order chi connectivity index (χ0) is 27.4. The van der Waals surface area contributed by atoms with Crippen LogP contribution in [0.3, 0.4) is 0 Å². The first kappa shape index (κ1) is 27.0. The molecule has 4 rings (SSSR count). The molecular formula is C26H22ClF3N4O4. The summed E-state index contributed by atoms with van der Waals surface area (Å²) in [6.45, 7) is 1.75. The van der Waals surface area contributed by atoms with Gasteiger partial charge in [0.15, 0.2) is 0 Å². The van der Waals surface area contributed by atoms with E-state index in [1.165, 1.54) is 25.3 Å². The second kappa shape index (κ2) is 11.1. The Labute approximate surface area is 220 Å². The van der Waals surface area contributed by atoms with Crippen LogP contribution in [0.25, 0.3) is 16.6 Å². The summed E-state index contributed by atoms with van der Waals surface area (Å²) < 4.78 is 48.0. The highest BCUT2D eigenvalue weighted by Crippen LogP contribution is 2.30. The maximum Gasteiger partial charge on any atom is 0.573 e. The third kappa shape index (κ3) is 6.24. The van der Waals surface area contributed by atoms with Gasteiger partial charge in [-0.3, -0.25) is 9.59 Å². The topological polar surface area (TPSA) is 94.5 Å². The third-order valence-electron chi connectivity index (χ3n) is 5.53. The van der Waals surface area contributed by atoms with Crippen molar-refractivity contribution in [3.63, 3.8) is 0 Å². The monoisotopic (exact) mass is 546 g/mol. The van der Waals surface area contributed by atoms with E-state index in [0.29, 0.717) is 33.4 Å². The number of aryl methyl sites for hydroxylation is 1. The second-order valence-electron chi connectivity index (χ2n) is 8.27. The maximum absolute atomic E-state index is 13.1. The van der Waals surface area contributed by atoms with Gasteiger partial charge in [0, 0.05) is 19.0 Å². The zero-order valence-corrected chi connectivity index (χ0v) is 21.0. The van der Waals surface area contributed by atoms with Crippen molar-refractivity contribution >= 4 is 40.0 Å². The number of anilines is 1. The van der Waals surface area contributed by atoms with Crippen LogP contribution in [0.15, 0.2) is 60.8 Å². The Morgan fingerprint density at radius 2 is 1.89 bits per heavy atom. The first-order chi connectivity index (χ1) is 18.1. The zero-order valence-electron chi connectivity index (χ0n) is 20.2. The quantitative estimate of drug-likeness (QED) is 0.308. The van der Waals surface area contributed by atoms with Crippen LogP contribution in [-0.4, -0.2) is 41.7 Å². The van der Waals surface area contributed by atoms with E-state index in [0.717, 1.165) is 0 Å². The van der Waals surface area contributed by atoms with E-state index in [9.17, 15) is 22.8 Å². The lowest BCUT2D eigenvalue weighted by molar-refractivity contribution is -0.274. The van der Waals surface area contributed by atoms with Gasteiger partial charge >= 0.3 is 6.36 Å². The van der Waals surface area contributed by atoms with Crippen molar-refractivity contribution in [1.29, 1.82) is 0 Å². The molecular weight excluding hydrogens is 525 g/mol. The minimum atomic E-state index is -4.79. The van der Waals surface area contributed by atoms with Crippen LogP contribution in [-0.2, 0) is 16.1 Å². The molecule has 0 atom stereocenters. The lowest BCUT2D eigenvalue weighted by atomic mass is 10.1. The highest BCUT2D eigenvalue weighted by atomic mass is 35.5. The van der Waals surface area contributed by atoms with Gasteiger partial charge in [-0.2, -0.15) is 5.10 Å². The number of alkyl halides is 3. The lowest BCUT2D eigenvalue weighted by Gasteiger charge is -2.13. The Hall–Kier alpha value is -4.09. The van der Waals surface area contributed by atoms with E-state index >= 15 is 0 Å². The van der Waals surface area contributed by atoms with E-state index in [4.69, 9.17) is 16.3 Å². The fraction of sp³-hybridized carbons (Fsp3) is 0.192. The summed E-state index contributed by atoms with van der Waals surface area (Å²) >= 11 is 6.28. The van der Waals surface area contributed by atoms with Crippen molar-refractivity contribution in [2.24, 2.45) is 0 Å². The molecule has 0 fully saturated rings. The van der Waals surface area contributed by atoms with E-state index in [2.05, 4.69) is 20.5 Å². The molecule has 2 amide bonds. The molecule has 12 heteroatoms. The number of nitrogens with zero attached hydrogens (tertiary/aromatic N) is 2. The maximum atomic E-state index is 13.1. The molecule has 0 saturated heterocycles. The summed E-state index contributed by atoms with van der Waals surface area (Å²) in [5.41, 5.74) is 3.02. The number of hydrogen-bond donors (Lipinski definition) is 2. The minimum Gasteiger partial charge on any atom is -0.406 e. The number of amides is 2. The fourth-order valence-electron chi connectivity index (χ4n) is 3.84. The summed E-state index contributed by atoms with van der Waals surface area (Å²) in [6.07, 6.45) is -3.24. The van der Waals surface area contributed by atoms with E-state index in [1.54, 1.807) is 54.2 Å². The van der Waals surface area contributed by atoms with Gasteiger partial charge < -0.3 is 20.1 Å². The second-order valence-corrected chi connectivity index (χ2v) is 8.68. The van der Waals surface area contributed by atoms with Gasteiger partial charge in [0.25, 0.3) is 5.91 Å². The summed E-state index contributed by atoms with van der Waals surface area (Å²) in [5.74, 6) is -1.10. The van der Waals surface area contributed by atoms with Crippen molar-refractivity contribution < 1.29 is 32.2 Å². The van der Waals surface area contributed by atoms with Gasteiger partial charge in [-0.05, 0) is 60.5 Å². The molecule has 1 heterocycles. The largest absolute Gasteiger partial charge is 0.573 e. The van der Waals surface area contributed by atoms with Crippen molar-refractivity contribution in [3.8, 4) is 11.4 Å². The van der Waals surface area contributed by atoms with E-state index in [-0.39, 0.29) is 35.4 Å². The molecule has 3 aromatic carbocycles. The Morgan fingerprint density at radius 1 is 1.11 bits per heavy atom. The van der Waals surface area contributed by atoms with Gasteiger partial charge in [0.1, 0.15) is 12.4 Å². The molecule has 0 bridgehead atoms. The minimum absolute atomic E-state index is 0.0797. The smallest absolute Gasteiger partial charge is 0.406 e. The van der Waals surface area contributed by atoms with Crippen LogP contribution >= 0.6 is 11.6 Å². The third-order valence-corrected chi connectivity index (χ3v) is 5.86. The molecule has 0 radical (unpaired) electrons. The lowest BCUT2D eigenvalue weighted by Crippen LogP contribution is -2.26. The molecule has 0 unspecified atom stereocenters. The number of ether oxygens (including phenoxy) is 2. The van der Waals surface area contributed by atoms with Gasteiger partial charge in [-0.1, -0.05) is 23.7 Å². The molecule has 198 valence electrons. The molecule has 1 aromatic heterocycles. The SMILES string of the molecule is COCC(=O)NCc1ccc(Cl)c(C(=O)Nc2cccc3c2cnn3-c2ccc(OC(F)(F)F)cc2C)c1. The van der Waals surface area contributed by atoms with Crippen molar-refractivity contribution in [3.05, 3.63) is 82.5 Å². The van der Waals surface area contributed by atoms with Crippen molar-refractivity contribution in [1.82, 2.24) is 15.1 Å². The predicted octanol–water partition coefficient (Wildman–Crippen LogP) is 5.40. The van der Waals surface area contributed by atoms with E-state index in [1.807, 2.05) is 0 Å². The number of carbonyl (C=O) groups is 2. The Bertz CT molecular complexity index is 1500. The van der Waals surface area contributed by atoms with Gasteiger partial charge in [0.05, 0.1) is 33.7 Å². The Balaban J connectivity index is 1.58. The number of halogens is 4. The molecule has 0 aliphatic rings. The van der Waals surface area contributed by atoms with Crippen LogP contribution in [0.5, 0.6) is 5.75 Å². The summed E-state index contributed by atoms with van der Waals surface area (Å²) in [6, 6.07) is 14.0. The van der Waals surface area contributed by atoms with Gasteiger partial charge in [0.2, 0.25) is 5.91 Å². The number of rotatable bonds is 8. The van der Waals surface area contributed by atoms with Crippen molar-refractivity contribution in [2.45, 2.75) is 19.8 Å². The van der Waals surface area contributed by atoms with Crippen LogP contribution < -0.4 is 15.4 Å². The predicted molar refractivity (Wildman–Crippen MR) is 136 cm³/mol. The molecule has 0 aliphatic carbocycles. The number of benzene rings is 3. The highest BCUT2D eigenvalue weighted by molar-refractivity contribution is 6.34. The molecule has 2 N–H and O–H groups in total. The van der Waals surface area contributed by atoms with Gasteiger partial charge in [-0.15, -0.1) is 13.2 Å². The average Bonchev–Trinajstić information content (AvgIpc) is 3.27. The number of methoxy groups -OCH3 is 1. The van der Waals surface area contributed by atoms with Crippen LogP contribution in [0.4, 0.5) is 18.9 Å². The summed E-state index contributed by atoms with van der Waals surface area (Å²) in [7, 11) is 1.42. The Kier molecular flexibility index (Phi) is 7.88. The van der Waals surface area contributed by atoms with Crippen LogP contribution in [0.1, 0.15) is 21.5 Å². The molecule has 0 spiro atoms. The van der Waals surface area contributed by atoms with Crippen LogP contribution in [0, 0.1) is 6.92 Å². The van der Waals surface area contributed by atoms with E-state index < -0.39 is 12.3 Å². The highest BCUT2D eigenvalue weighted by Gasteiger charge is 2.31. The molecule has 0 aliphatic heterocycles. The van der Waals surface area contributed by atoms with Gasteiger partial charge in [-0.25, -0.2) is 4.68 Å². The number of aromatic nitrogens is 2. The van der Waals surface area contributed by atoms with Crippen LogP contribution in [0.2, 0.25) is 5.02 Å². The summed E-state index contributed by atoms with van der Waals surface area (Å²) in [4.78, 5) is 24.8.